The summed E-state index contributed by atoms with van der Waals surface area (Å²) in [6.45, 7) is 0. The van der Waals surface area contributed by atoms with Gasteiger partial charge in [-0.2, -0.15) is 13.2 Å². The van der Waals surface area contributed by atoms with Gasteiger partial charge in [0.25, 0.3) is 0 Å². The maximum atomic E-state index is 12.8. The summed E-state index contributed by atoms with van der Waals surface area (Å²) in [5, 5.41) is 3.15. The predicted molar refractivity (Wildman–Crippen MR) is 103 cm³/mol. The van der Waals surface area contributed by atoms with E-state index in [1.54, 1.807) is 0 Å². The minimum absolute atomic E-state index is 0.0249. The number of nitrogens with one attached hydrogen (secondary N) is 1. The Morgan fingerprint density at radius 2 is 1.69 bits per heavy atom. The lowest BCUT2D eigenvalue weighted by Crippen LogP contribution is -2.35. The SMILES string of the molecule is O=S1(=O)CCC[C@@H](Nc2ncc(-c3ccc(C(F)(F)F)cc3)c3nccnc23)C1. The molecule has 1 aliphatic heterocycles. The number of hydrogen-bond donors (Lipinski definition) is 1. The highest BCUT2D eigenvalue weighted by Crippen LogP contribution is 2.33. The number of hydrogen-bond acceptors (Lipinski definition) is 6. The average molecular weight is 422 g/mol. The molecule has 6 nitrogen and oxygen atoms in total. The monoisotopic (exact) mass is 422 g/mol. The van der Waals surface area contributed by atoms with Crippen LogP contribution in [-0.2, 0) is 16.0 Å². The molecular weight excluding hydrogens is 405 g/mol. The van der Waals surface area contributed by atoms with Gasteiger partial charge in [-0.05, 0) is 30.5 Å². The summed E-state index contributed by atoms with van der Waals surface area (Å²) in [6, 6.07) is 4.49. The van der Waals surface area contributed by atoms with E-state index in [0.717, 1.165) is 12.1 Å². The summed E-state index contributed by atoms with van der Waals surface area (Å²) in [4.78, 5) is 13.0. The molecule has 29 heavy (non-hydrogen) atoms. The Labute approximate surface area is 165 Å². The van der Waals surface area contributed by atoms with E-state index in [1.165, 1.54) is 30.7 Å². The van der Waals surface area contributed by atoms with Crippen LogP contribution in [0.3, 0.4) is 0 Å². The second-order valence-electron chi connectivity index (χ2n) is 6.95. The molecule has 1 aromatic carbocycles. The number of sulfone groups is 1. The van der Waals surface area contributed by atoms with Crippen molar-refractivity contribution in [3.8, 4) is 11.1 Å². The van der Waals surface area contributed by atoms with Gasteiger partial charge in [-0.1, -0.05) is 12.1 Å². The van der Waals surface area contributed by atoms with Gasteiger partial charge < -0.3 is 5.32 Å². The molecule has 2 aromatic heterocycles. The van der Waals surface area contributed by atoms with E-state index in [1.807, 2.05) is 0 Å². The van der Waals surface area contributed by atoms with Crippen molar-refractivity contribution in [1.29, 1.82) is 0 Å². The Hall–Kier alpha value is -2.75. The molecule has 0 amide bonds. The molecule has 152 valence electrons. The number of pyridine rings is 1. The largest absolute Gasteiger partial charge is 0.416 e. The maximum absolute atomic E-state index is 12.8. The quantitative estimate of drug-likeness (QED) is 0.693. The zero-order valence-electron chi connectivity index (χ0n) is 15.1. The molecule has 1 N–H and O–H groups in total. The van der Waals surface area contributed by atoms with Gasteiger partial charge in [0, 0.05) is 30.2 Å². The Kier molecular flexibility index (Phi) is 4.89. The molecule has 3 aromatic rings. The third-order valence-corrected chi connectivity index (χ3v) is 6.65. The summed E-state index contributed by atoms with van der Waals surface area (Å²) in [7, 11) is -3.09. The summed E-state index contributed by atoms with van der Waals surface area (Å²) in [6.07, 6.45) is 1.36. The van der Waals surface area contributed by atoms with Crippen molar-refractivity contribution in [2.75, 3.05) is 16.8 Å². The minimum Gasteiger partial charge on any atom is -0.364 e. The van der Waals surface area contributed by atoms with E-state index in [-0.39, 0.29) is 17.5 Å². The Morgan fingerprint density at radius 3 is 2.34 bits per heavy atom. The number of fused-ring (bicyclic) bond motifs is 1. The number of aromatic nitrogens is 3. The Bertz CT molecular complexity index is 1150. The Balaban J connectivity index is 1.70. The highest BCUT2D eigenvalue weighted by atomic mass is 32.2. The van der Waals surface area contributed by atoms with E-state index >= 15 is 0 Å². The molecule has 1 fully saturated rings. The van der Waals surface area contributed by atoms with Crippen molar-refractivity contribution >= 4 is 26.7 Å². The molecule has 1 atom stereocenters. The lowest BCUT2D eigenvalue weighted by molar-refractivity contribution is -0.137. The van der Waals surface area contributed by atoms with Crippen molar-refractivity contribution < 1.29 is 21.6 Å². The first-order valence-electron chi connectivity index (χ1n) is 8.97. The average Bonchev–Trinajstić information content (AvgIpc) is 2.67. The van der Waals surface area contributed by atoms with Crippen LogP contribution < -0.4 is 5.32 Å². The van der Waals surface area contributed by atoms with Crippen LogP contribution in [0.15, 0.2) is 42.9 Å². The van der Waals surface area contributed by atoms with Gasteiger partial charge in [-0.15, -0.1) is 0 Å². The van der Waals surface area contributed by atoms with E-state index in [9.17, 15) is 21.6 Å². The molecule has 10 heteroatoms. The highest BCUT2D eigenvalue weighted by Gasteiger charge is 2.30. The number of benzene rings is 1. The van der Waals surface area contributed by atoms with E-state index in [0.29, 0.717) is 40.8 Å². The lowest BCUT2D eigenvalue weighted by atomic mass is 10.0. The number of halogens is 3. The van der Waals surface area contributed by atoms with E-state index in [2.05, 4.69) is 20.3 Å². The molecule has 0 radical (unpaired) electrons. The van der Waals surface area contributed by atoms with Gasteiger partial charge in [0.1, 0.15) is 11.0 Å². The molecule has 0 saturated carbocycles. The van der Waals surface area contributed by atoms with Gasteiger partial charge >= 0.3 is 6.18 Å². The standard InChI is InChI=1S/C19H17F3N4O2S/c20-19(21,22)13-5-3-12(4-6-13)15-10-25-18(17-16(15)23-7-8-24-17)26-14-2-1-9-29(27,28)11-14/h3-8,10,14H,1-2,9,11H2,(H,25,26)/t14-/m1/s1. The smallest absolute Gasteiger partial charge is 0.364 e. The highest BCUT2D eigenvalue weighted by molar-refractivity contribution is 7.91. The van der Waals surface area contributed by atoms with E-state index < -0.39 is 21.6 Å². The number of alkyl halides is 3. The van der Waals surface area contributed by atoms with Crippen LogP contribution in [0.2, 0.25) is 0 Å². The summed E-state index contributed by atoms with van der Waals surface area (Å²) >= 11 is 0. The van der Waals surface area contributed by atoms with Crippen LogP contribution in [-0.4, -0.2) is 40.9 Å². The van der Waals surface area contributed by atoms with Crippen LogP contribution in [0.5, 0.6) is 0 Å². The predicted octanol–water partition coefficient (Wildman–Crippen LogP) is 3.70. The number of anilines is 1. The second kappa shape index (κ2) is 7.25. The van der Waals surface area contributed by atoms with Crippen LogP contribution >= 0.6 is 0 Å². The molecular formula is C19H17F3N4O2S. The van der Waals surface area contributed by atoms with E-state index in [4.69, 9.17) is 0 Å². The van der Waals surface area contributed by atoms with Gasteiger partial charge in [0.2, 0.25) is 0 Å². The van der Waals surface area contributed by atoms with Crippen molar-refractivity contribution in [3.05, 3.63) is 48.4 Å². The van der Waals surface area contributed by atoms with Gasteiger partial charge in [0.15, 0.2) is 15.7 Å². The fraction of sp³-hybridized carbons (Fsp3) is 0.316. The van der Waals surface area contributed by atoms with Crippen molar-refractivity contribution in [2.24, 2.45) is 0 Å². The Morgan fingerprint density at radius 1 is 1.00 bits per heavy atom. The van der Waals surface area contributed by atoms with Crippen LogP contribution in [0.25, 0.3) is 22.2 Å². The first kappa shape index (κ1) is 19.6. The molecule has 0 unspecified atom stereocenters. The fourth-order valence-electron chi connectivity index (χ4n) is 3.45. The van der Waals surface area contributed by atoms with Gasteiger partial charge in [0.05, 0.1) is 17.1 Å². The molecule has 4 rings (SSSR count). The molecule has 0 spiro atoms. The number of nitrogens with zero attached hydrogens (tertiary/aromatic N) is 3. The lowest BCUT2D eigenvalue weighted by Gasteiger charge is -2.24. The number of rotatable bonds is 3. The minimum atomic E-state index is -4.41. The second-order valence-corrected chi connectivity index (χ2v) is 9.18. The van der Waals surface area contributed by atoms with Crippen LogP contribution in [0.1, 0.15) is 18.4 Å². The van der Waals surface area contributed by atoms with Crippen molar-refractivity contribution in [2.45, 2.75) is 25.1 Å². The molecule has 0 aliphatic carbocycles. The van der Waals surface area contributed by atoms with Gasteiger partial charge in [-0.3, -0.25) is 4.98 Å². The maximum Gasteiger partial charge on any atom is 0.416 e. The third-order valence-electron chi connectivity index (χ3n) is 4.83. The zero-order valence-corrected chi connectivity index (χ0v) is 16.0. The summed E-state index contributed by atoms with van der Waals surface area (Å²) in [5.41, 5.74) is 1.25. The summed E-state index contributed by atoms with van der Waals surface area (Å²) in [5.74, 6) is 0.620. The third kappa shape index (κ3) is 4.16. The topological polar surface area (TPSA) is 84.8 Å². The van der Waals surface area contributed by atoms with Gasteiger partial charge in [-0.25, -0.2) is 18.4 Å². The zero-order chi connectivity index (χ0) is 20.6. The van der Waals surface area contributed by atoms with Crippen LogP contribution in [0.4, 0.5) is 19.0 Å². The molecule has 1 saturated heterocycles. The van der Waals surface area contributed by atoms with Crippen molar-refractivity contribution in [3.63, 3.8) is 0 Å². The molecule has 1 aliphatic rings. The first-order valence-corrected chi connectivity index (χ1v) is 10.8. The van der Waals surface area contributed by atoms with Crippen molar-refractivity contribution in [1.82, 2.24) is 15.0 Å². The fourth-order valence-corrected chi connectivity index (χ4v) is 5.08. The normalized spacial score (nSPS) is 19.2. The first-order chi connectivity index (χ1) is 13.7. The molecule has 3 heterocycles. The molecule has 0 bridgehead atoms. The summed E-state index contributed by atoms with van der Waals surface area (Å²) < 4.78 is 62.2. The van der Waals surface area contributed by atoms with Crippen LogP contribution in [0, 0.1) is 0 Å².